The number of piperidine rings is 1. The fraction of sp³-hybridized carbons (Fsp3) is 0.391. The molecule has 1 spiro atoms. The summed E-state index contributed by atoms with van der Waals surface area (Å²) in [5.41, 5.74) is 2.45. The largest absolute Gasteiger partial charge is 0.355 e. The first kappa shape index (κ1) is 18.6. The van der Waals surface area contributed by atoms with E-state index in [1.807, 2.05) is 37.4 Å². The lowest BCUT2D eigenvalue weighted by Crippen LogP contribution is -2.48. The van der Waals surface area contributed by atoms with Gasteiger partial charge < -0.3 is 15.2 Å². The number of carbonyl (C=O) groups excluding carboxylic acids is 1. The molecule has 7 heteroatoms. The number of amides is 1. The van der Waals surface area contributed by atoms with Crippen molar-refractivity contribution in [3.63, 3.8) is 0 Å². The summed E-state index contributed by atoms with van der Waals surface area (Å²) < 4.78 is 0. The zero-order valence-corrected chi connectivity index (χ0v) is 16.9. The summed E-state index contributed by atoms with van der Waals surface area (Å²) in [4.78, 5) is 27.5. The molecule has 0 radical (unpaired) electrons. The highest BCUT2D eigenvalue weighted by Gasteiger charge is 2.55. The number of hydrogen-bond acceptors (Lipinski definition) is 5. The molecule has 30 heavy (non-hydrogen) atoms. The molecule has 1 aromatic carbocycles. The van der Waals surface area contributed by atoms with Crippen LogP contribution in [0.3, 0.4) is 0 Å². The molecule has 1 saturated heterocycles. The average molecular weight is 400 g/mol. The minimum atomic E-state index is -0.124. The number of anilines is 1. The quantitative estimate of drug-likeness (QED) is 0.700. The van der Waals surface area contributed by atoms with Gasteiger partial charge in [0.15, 0.2) is 0 Å². The Morgan fingerprint density at radius 3 is 3.03 bits per heavy atom. The maximum atomic E-state index is 13.2. The molecule has 3 aromatic rings. The molecule has 5 rings (SSSR count). The Bertz CT molecular complexity index is 1140. The van der Waals surface area contributed by atoms with Crippen LogP contribution in [0.25, 0.3) is 11.0 Å². The fourth-order valence-electron chi connectivity index (χ4n) is 4.80. The molecule has 2 atom stereocenters. The van der Waals surface area contributed by atoms with E-state index in [1.54, 1.807) is 12.4 Å². The van der Waals surface area contributed by atoms with Gasteiger partial charge >= 0.3 is 0 Å². The van der Waals surface area contributed by atoms with Crippen molar-refractivity contribution in [1.29, 1.82) is 5.26 Å². The van der Waals surface area contributed by atoms with Gasteiger partial charge in [-0.2, -0.15) is 5.26 Å². The third kappa shape index (κ3) is 3.18. The molecule has 7 nitrogen and oxygen atoms in total. The van der Waals surface area contributed by atoms with E-state index < -0.39 is 0 Å². The molecule has 3 heterocycles. The molecule has 1 aliphatic heterocycles. The van der Waals surface area contributed by atoms with Gasteiger partial charge in [0.25, 0.3) is 0 Å². The number of fused-ring (bicyclic) bond motifs is 1. The van der Waals surface area contributed by atoms with Gasteiger partial charge in [0.1, 0.15) is 17.8 Å². The van der Waals surface area contributed by atoms with Gasteiger partial charge in [-0.25, -0.2) is 9.97 Å². The van der Waals surface area contributed by atoms with Gasteiger partial charge in [0, 0.05) is 25.2 Å². The number of aromatic nitrogens is 3. The maximum absolute atomic E-state index is 13.2. The number of nitrogens with zero attached hydrogens (tertiary/aromatic N) is 4. The lowest BCUT2D eigenvalue weighted by atomic mass is 9.81. The van der Waals surface area contributed by atoms with Gasteiger partial charge in [-0.15, -0.1) is 0 Å². The second kappa shape index (κ2) is 7.13. The highest BCUT2D eigenvalue weighted by atomic mass is 16.2. The molecule has 2 fully saturated rings. The van der Waals surface area contributed by atoms with Crippen molar-refractivity contribution in [2.45, 2.75) is 32.2 Å². The van der Waals surface area contributed by atoms with Gasteiger partial charge in [0.2, 0.25) is 5.91 Å². The summed E-state index contributed by atoms with van der Waals surface area (Å²) in [6.45, 7) is 3.63. The molecule has 2 aliphatic rings. The van der Waals surface area contributed by atoms with Gasteiger partial charge in [-0.3, -0.25) is 4.79 Å². The Morgan fingerprint density at radius 2 is 2.23 bits per heavy atom. The number of rotatable bonds is 4. The summed E-state index contributed by atoms with van der Waals surface area (Å²) in [6, 6.07) is 11.5. The van der Waals surface area contributed by atoms with Crippen molar-refractivity contribution in [3.8, 4) is 6.07 Å². The summed E-state index contributed by atoms with van der Waals surface area (Å²) in [5.74, 6) is 1.09. The Kier molecular flexibility index (Phi) is 4.43. The molecular weight excluding hydrogens is 376 g/mol. The van der Waals surface area contributed by atoms with E-state index in [4.69, 9.17) is 5.26 Å². The van der Waals surface area contributed by atoms with E-state index in [2.05, 4.69) is 31.2 Å². The molecule has 1 amide bonds. The van der Waals surface area contributed by atoms with Crippen LogP contribution in [-0.4, -0.2) is 33.9 Å². The Morgan fingerprint density at radius 1 is 1.37 bits per heavy atom. The van der Waals surface area contributed by atoms with Crippen LogP contribution in [0.15, 0.2) is 42.9 Å². The summed E-state index contributed by atoms with van der Waals surface area (Å²) in [6.07, 6.45) is 6.44. The smallest absolute Gasteiger partial charge is 0.224 e. The van der Waals surface area contributed by atoms with Crippen LogP contribution < -0.4 is 10.2 Å². The van der Waals surface area contributed by atoms with Gasteiger partial charge in [0.05, 0.1) is 23.1 Å². The van der Waals surface area contributed by atoms with Gasteiger partial charge in [-0.05, 0) is 55.4 Å². The first-order chi connectivity index (χ1) is 14.6. The third-order valence-corrected chi connectivity index (χ3v) is 6.65. The monoisotopic (exact) mass is 400 g/mol. The van der Waals surface area contributed by atoms with Crippen molar-refractivity contribution in [1.82, 2.24) is 20.3 Å². The Hall–Kier alpha value is -3.40. The van der Waals surface area contributed by atoms with Crippen LogP contribution in [0.1, 0.15) is 43.4 Å². The van der Waals surface area contributed by atoms with E-state index in [0.717, 1.165) is 54.8 Å². The van der Waals surface area contributed by atoms with Crippen LogP contribution in [-0.2, 0) is 4.79 Å². The van der Waals surface area contributed by atoms with E-state index in [9.17, 15) is 4.79 Å². The van der Waals surface area contributed by atoms with Crippen LogP contribution >= 0.6 is 0 Å². The first-order valence-electron chi connectivity index (χ1n) is 10.4. The third-order valence-electron chi connectivity index (χ3n) is 6.65. The maximum Gasteiger partial charge on any atom is 0.224 e. The number of carbonyl (C=O) groups is 1. The molecule has 2 N–H and O–H groups in total. The SMILES string of the molecule is C[C@H](NC(=O)C1CCN(c2ncnc3[nH]ccc23)CC12CC2)c1cccc(C#N)c1. The molecule has 1 aliphatic carbocycles. The van der Waals surface area contributed by atoms with Crippen molar-refractivity contribution >= 4 is 22.8 Å². The van der Waals surface area contributed by atoms with E-state index in [1.165, 1.54) is 0 Å². The van der Waals surface area contributed by atoms with Crippen LogP contribution in [0, 0.1) is 22.7 Å². The molecule has 152 valence electrons. The van der Waals surface area contributed by atoms with Crippen LogP contribution in [0.5, 0.6) is 0 Å². The van der Waals surface area contributed by atoms with Crippen molar-refractivity contribution in [2.24, 2.45) is 11.3 Å². The molecular formula is C23H24N6O. The zero-order chi connectivity index (χ0) is 20.7. The Labute approximate surface area is 175 Å². The first-order valence-corrected chi connectivity index (χ1v) is 10.4. The lowest BCUT2D eigenvalue weighted by molar-refractivity contribution is -0.128. The topological polar surface area (TPSA) is 97.7 Å². The lowest BCUT2D eigenvalue weighted by Gasteiger charge is -2.39. The zero-order valence-electron chi connectivity index (χ0n) is 16.9. The Balaban J connectivity index is 1.31. The number of nitriles is 1. The molecule has 2 aromatic heterocycles. The van der Waals surface area contributed by atoms with Crippen molar-refractivity contribution < 1.29 is 4.79 Å². The summed E-state index contributed by atoms with van der Waals surface area (Å²) in [5, 5.41) is 13.3. The van der Waals surface area contributed by atoms with E-state index in [-0.39, 0.29) is 23.3 Å². The molecule has 1 saturated carbocycles. The van der Waals surface area contributed by atoms with Crippen LogP contribution in [0.4, 0.5) is 5.82 Å². The average Bonchev–Trinajstić information content (AvgIpc) is 3.34. The minimum absolute atomic E-state index is 0.0129. The predicted octanol–water partition coefficient (Wildman–Crippen LogP) is 3.31. The van der Waals surface area contributed by atoms with Crippen molar-refractivity contribution in [2.75, 3.05) is 18.0 Å². The summed E-state index contributed by atoms with van der Waals surface area (Å²) in [7, 11) is 0. The molecule has 0 bridgehead atoms. The number of benzene rings is 1. The van der Waals surface area contributed by atoms with E-state index >= 15 is 0 Å². The number of hydrogen-bond donors (Lipinski definition) is 2. The second-order valence-corrected chi connectivity index (χ2v) is 8.53. The van der Waals surface area contributed by atoms with Crippen LogP contribution in [0.2, 0.25) is 0 Å². The standard InChI is InChI=1S/C23H24N6O/c1-15(17-4-2-3-16(11-17)12-24)28-22(30)19-6-10-29(13-23(19)7-8-23)21-18-5-9-25-20(18)26-14-27-21/h2-5,9,11,14-15,19H,6-8,10,13H2,1H3,(H,28,30)(H,25,26,27)/t15-,19?/m0/s1. The number of nitrogens with one attached hydrogen (secondary N) is 2. The summed E-state index contributed by atoms with van der Waals surface area (Å²) >= 11 is 0. The van der Waals surface area contributed by atoms with Gasteiger partial charge in [-0.1, -0.05) is 12.1 Å². The van der Waals surface area contributed by atoms with E-state index in [0.29, 0.717) is 5.56 Å². The minimum Gasteiger partial charge on any atom is -0.355 e. The number of H-pyrrole nitrogens is 1. The fourth-order valence-corrected chi connectivity index (χ4v) is 4.80. The predicted molar refractivity (Wildman–Crippen MR) is 114 cm³/mol. The molecule has 1 unspecified atom stereocenters. The van der Waals surface area contributed by atoms with Crippen molar-refractivity contribution in [3.05, 3.63) is 54.0 Å². The normalized spacial score (nSPS) is 20.7. The second-order valence-electron chi connectivity index (χ2n) is 8.53. The number of aromatic amines is 1. The highest BCUT2D eigenvalue weighted by molar-refractivity contribution is 5.88. The highest BCUT2D eigenvalue weighted by Crippen LogP contribution is 2.56.